The zero-order chi connectivity index (χ0) is 62.6. The Morgan fingerprint density at radius 1 is 0.449 bits per heavy atom. The van der Waals surface area contributed by atoms with Crippen LogP contribution in [0.3, 0.4) is 0 Å². The van der Waals surface area contributed by atoms with Gasteiger partial charge >= 0.3 is 6.85 Å². The topological polar surface area (TPSA) is 22.9 Å². The highest BCUT2D eigenvalue weighted by atomic mass is 32.1. The summed E-state index contributed by atoms with van der Waals surface area (Å²) in [5.74, 6) is 0. The van der Waals surface area contributed by atoms with Crippen LogP contribution >= 0.6 is 11.3 Å². The van der Waals surface area contributed by atoms with E-state index in [4.69, 9.17) is 4.42 Å². The second-order valence-electron chi connectivity index (χ2n) is 32.8. The van der Waals surface area contributed by atoms with Gasteiger partial charge in [-0.2, -0.15) is 0 Å². The molecule has 2 aliphatic carbocycles. The summed E-state index contributed by atoms with van der Waals surface area (Å²) in [4.78, 5) is 7.91. The summed E-state index contributed by atoms with van der Waals surface area (Å²) in [7, 11) is 0. The maximum atomic E-state index is 7.47. The van der Waals surface area contributed by atoms with Crippen molar-refractivity contribution in [2.75, 3.05) is 14.6 Å². The van der Waals surface area contributed by atoms with Crippen LogP contribution in [0.5, 0.6) is 0 Å². The third-order valence-corrected chi connectivity index (χ3v) is 22.9. The van der Waals surface area contributed by atoms with Crippen LogP contribution in [0, 0.1) is 6.92 Å². The van der Waals surface area contributed by atoms with Crippen LogP contribution in [0.25, 0.3) is 53.2 Å². The second kappa shape index (κ2) is 19.3. The quantitative estimate of drug-likeness (QED) is 0.160. The highest BCUT2D eigenvalue weighted by Crippen LogP contribution is 2.57. The van der Waals surface area contributed by atoms with Gasteiger partial charge < -0.3 is 19.0 Å². The van der Waals surface area contributed by atoms with Gasteiger partial charge in [-0.15, -0.1) is 11.3 Å². The number of anilines is 8. The van der Waals surface area contributed by atoms with E-state index >= 15 is 0 Å². The molecule has 89 heavy (non-hydrogen) atoms. The van der Waals surface area contributed by atoms with Gasteiger partial charge in [-0.25, -0.2) is 0 Å². The molecule has 0 amide bonds. The Morgan fingerprint density at radius 2 is 0.933 bits per heavy atom. The molecule has 0 saturated heterocycles. The molecule has 0 unspecified atom stereocenters. The number of furan rings is 1. The number of hydrogen-bond acceptors (Lipinski definition) is 5. The molecule has 0 spiro atoms. The molecule has 4 heterocycles. The van der Waals surface area contributed by atoms with Gasteiger partial charge in [0.25, 0.3) is 0 Å². The van der Waals surface area contributed by atoms with E-state index in [1.54, 1.807) is 0 Å². The van der Waals surface area contributed by atoms with Crippen molar-refractivity contribution in [3.63, 3.8) is 0 Å². The van der Waals surface area contributed by atoms with E-state index in [0.717, 1.165) is 64.0 Å². The molecule has 2 aromatic heterocycles. The molecular formula is C83H88BN3OS. The Labute approximate surface area is 534 Å². The van der Waals surface area contributed by atoms with E-state index in [9.17, 15) is 0 Å². The van der Waals surface area contributed by atoms with E-state index in [1.807, 2.05) is 11.3 Å². The van der Waals surface area contributed by atoms with Gasteiger partial charge in [0.1, 0.15) is 5.58 Å². The second-order valence-corrected chi connectivity index (χ2v) is 33.9. The van der Waals surface area contributed by atoms with Crippen molar-refractivity contribution >= 4 is 117 Å². The Morgan fingerprint density at radius 3 is 1.49 bits per heavy atom. The third kappa shape index (κ3) is 9.01. The molecular weight excluding hydrogens is 1100 g/mol. The van der Waals surface area contributed by atoms with Crippen molar-refractivity contribution in [3.05, 3.63) is 202 Å². The monoisotopic (exact) mass is 1190 g/mol. The zero-order valence-electron chi connectivity index (χ0n) is 56.1. The summed E-state index contributed by atoms with van der Waals surface area (Å²) in [5, 5.41) is 4.84. The molecule has 11 aromatic rings. The Hall–Kier alpha value is -7.54. The number of fused-ring (bicyclic) bond motifs is 13. The Bertz CT molecular complexity index is 4680. The fourth-order valence-electron chi connectivity index (χ4n) is 15.9. The van der Waals surface area contributed by atoms with Gasteiger partial charge in [-0.05, 0) is 216 Å². The van der Waals surface area contributed by atoms with E-state index in [0.29, 0.717) is 0 Å². The largest absolute Gasteiger partial charge is 0.454 e. The van der Waals surface area contributed by atoms with Crippen molar-refractivity contribution in [1.82, 2.24) is 0 Å². The predicted octanol–water partition coefficient (Wildman–Crippen LogP) is 23.0. The van der Waals surface area contributed by atoms with E-state index in [1.165, 1.54) is 116 Å². The van der Waals surface area contributed by atoms with E-state index < -0.39 is 0 Å². The van der Waals surface area contributed by atoms with Gasteiger partial charge in [0.15, 0.2) is 5.58 Å². The average Bonchev–Trinajstić information content (AvgIpc) is 1.64. The van der Waals surface area contributed by atoms with Crippen LogP contribution in [-0.4, -0.2) is 6.85 Å². The van der Waals surface area contributed by atoms with Crippen molar-refractivity contribution < 1.29 is 4.42 Å². The minimum Gasteiger partial charge on any atom is -0.454 e. The fourth-order valence-corrected chi connectivity index (χ4v) is 17.1. The van der Waals surface area contributed by atoms with Crippen LogP contribution in [0.15, 0.2) is 162 Å². The minimum absolute atomic E-state index is 0.000782. The molecule has 0 saturated carbocycles. The third-order valence-electron chi connectivity index (χ3n) is 21.8. The highest BCUT2D eigenvalue weighted by molar-refractivity contribution is 7.26. The lowest BCUT2D eigenvalue weighted by Crippen LogP contribution is -2.62. The van der Waals surface area contributed by atoms with Crippen LogP contribution in [-0.2, 0) is 37.9 Å². The molecule has 0 atom stereocenters. The molecule has 0 radical (unpaired) electrons. The molecule has 0 fully saturated rings. The first-order chi connectivity index (χ1) is 41.9. The number of benzene rings is 9. The van der Waals surface area contributed by atoms with Gasteiger partial charge in [-0.1, -0.05) is 190 Å². The van der Waals surface area contributed by atoms with Crippen molar-refractivity contribution in [1.29, 1.82) is 0 Å². The number of para-hydroxylation sites is 1. The van der Waals surface area contributed by atoms with Gasteiger partial charge in [-0.3, -0.25) is 0 Å². The van der Waals surface area contributed by atoms with Gasteiger partial charge in [0, 0.05) is 76.3 Å². The Balaban J connectivity index is 1.04. The van der Waals surface area contributed by atoms with Crippen molar-refractivity contribution in [2.45, 2.75) is 188 Å². The smallest absolute Gasteiger partial charge is 0.333 e. The normalized spacial score (nSPS) is 17.2. The number of thiophene rings is 1. The SMILES string of the molecule is Cc1cc2c(cc1N1c3cc4c(cc3B3c5c(cc6c(oc7ccccc76)c51)-c1cc5c(cc1N3c1ccc(C(C)(C)C)cc1)sc1cc(N(c3ccc(C(C)(C)C)cc3)c3ccc(C(C)(C)C)cc3)ccc15)C(C)(C)CCC4(C)C)C(C)(C)CCC2(C)C. The first-order valence-electron chi connectivity index (χ1n) is 32.9. The summed E-state index contributed by atoms with van der Waals surface area (Å²) in [6, 6.07) is 62.3. The molecule has 6 heteroatoms. The van der Waals surface area contributed by atoms with Crippen LogP contribution in [0.2, 0.25) is 0 Å². The van der Waals surface area contributed by atoms with Crippen LogP contribution in [0.4, 0.5) is 45.5 Å². The Kier molecular flexibility index (Phi) is 12.5. The number of rotatable bonds is 5. The lowest BCUT2D eigenvalue weighted by molar-refractivity contribution is 0.331. The molecule has 0 N–H and O–H groups in total. The van der Waals surface area contributed by atoms with Crippen molar-refractivity contribution in [2.24, 2.45) is 0 Å². The number of hydrogen-bond donors (Lipinski definition) is 0. The van der Waals surface area contributed by atoms with Gasteiger partial charge in [0.2, 0.25) is 0 Å². The predicted molar refractivity (Wildman–Crippen MR) is 386 cm³/mol. The lowest BCUT2D eigenvalue weighted by Gasteiger charge is -2.49. The summed E-state index contributed by atoms with van der Waals surface area (Å²) < 4.78 is 10.0. The van der Waals surface area contributed by atoms with E-state index in [-0.39, 0.29) is 44.8 Å². The van der Waals surface area contributed by atoms with Gasteiger partial charge in [0.05, 0.1) is 5.69 Å². The maximum absolute atomic E-state index is 7.47. The maximum Gasteiger partial charge on any atom is 0.333 e. The molecule has 2 aliphatic heterocycles. The average molecular weight is 1190 g/mol. The standard InChI is InChI=1S/C83H88BN3OS/c1-49-41-63-65(82(15,16)39-37-80(63,11)12)46-68(49)86-70-47-66-64(81(13,14)38-40-83(66,17)18)45-67(70)84-74-61(44-62-57-21-19-20-22-71(57)88-76(62)75(74)86)59-43-60-58-36-35-56(42-72(58)89-73(60)48-69(59)87(84)55-33-27-52(28-34-55)79(8,9)10)85(53-29-23-50(24-30-53)77(2,3)4)54-31-25-51(26-32-54)78(5,6)7/h19-36,41-48H,37-40H2,1-18H3. The summed E-state index contributed by atoms with van der Waals surface area (Å²) in [6.07, 6.45) is 4.57. The first-order valence-corrected chi connectivity index (χ1v) is 33.7. The molecule has 15 rings (SSSR count). The van der Waals surface area contributed by atoms with E-state index in [2.05, 4.69) is 297 Å². The molecule has 0 bridgehead atoms. The molecule has 450 valence electrons. The minimum atomic E-state index is -0.197. The highest BCUT2D eigenvalue weighted by Gasteiger charge is 2.50. The fraction of sp³-hybridized carbons (Fsp3) is 0.349. The van der Waals surface area contributed by atoms with Crippen molar-refractivity contribution in [3.8, 4) is 11.1 Å². The number of nitrogens with zero attached hydrogens (tertiary/aromatic N) is 3. The molecule has 4 aliphatic rings. The lowest BCUT2D eigenvalue weighted by atomic mass is 9.42. The molecule has 9 aromatic carbocycles. The summed E-state index contributed by atoms with van der Waals surface area (Å²) in [6.45, 7) is 42.8. The van der Waals surface area contributed by atoms with Crippen LogP contribution in [0.1, 0.15) is 188 Å². The summed E-state index contributed by atoms with van der Waals surface area (Å²) >= 11 is 1.92. The summed E-state index contributed by atoms with van der Waals surface area (Å²) in [5.41, 5.74) is 27.7. The first kappa shape index (κ1) is 57.9. The molecule has 4 nitrogen and oxygen atoms in total. The zero-order valence-corrected chi connectivity index (χ0v) is 56.9. The van der Waals surface area contributed by atoms with Crippen LogP contribution < -0.4 is 25.5 Å². The number of aryl methyl sites for hydroxylation is 1.